The van der Waals surface area contributed by atoms with Crippen molar-refractivity contribution in [3.63, 3.8) is 0 Å². The van der Waals surface area contributed by atoms with Crippen LogP contribution in [0.2, 0.25) is 0 Å². The van der Waals surface area contributed by atoms with E-state index in [2.05, 4.69) is 233 Å². The summed E-state index contributed by atoms with van der Waals surface area (Å²) in [6.07, 6.45) is 13.0. The summed E-state index contributed by atoms with van der Waals surface area (Å²) in [6, 6.07) is 57.4. The van der Waals surface area contributed by atoms with Gasteiger partial charge in [-0.2, -0.15) is 0 Å². The van der Waals surface area contributed by atoms with Crippen LogP contribution in [0.15, 0.2) is 208 Å². The molecule has 8 aromatic rings. The molecule has 0 saturated carbocycles. The van der Waals surface area contributed by atoms with Crippen LogP contribution in [0.25, 0.3) is 0 Å². The van der Waals surface area contributed by atoms with Crippen molar-refractivity contribution in [3.05, 3.63) is 286 Å². The van der Waals surface area contributed by atoms with Gasteiger partial charge in [0.1, 0.15) is 23.0 Å². The summed E-state index contributed by atoms with van der Waals surface area (Å²) < 4.78 is 25.6. The summed E-state index contributed by atoms with van der Waals surface area (Å²) in [4.78, 5) is 9.20. The van der Waals surface area contributed by atoms with E-state index < -0.39 is 0 Å². The minimum atomic E-state index is -0.258. The number of hydrogen-bond donors (Lipinski definition) is 0. The SMILES string of the molecule is C=CCc1cc(C(C)(C)c2cc(CC=C)c3c(c2)CN(c2ccc(CC)cc2)CO3)cc2c1OCN(c1ccc(CC)cc1)C2.C=CCc1cc(C(C)(C)c2cc(CC=C)c3c(c2)CN(c2ccccc2)CO3)cc2c1OCN(c1ccccc1)C2. The maximum Gasteiger partial charge on any atom is 0.161 e. The molecule has 0 saturated heterocycles. The Hall–Kier alpha value is -8.88. The third-order valence-corrected chi connectivity index (χ3v) is 17.9. The predicted octanol–water partition coefficient (Wildman–Crippen LogP) is 17.5. The first-order chi connectivity index (χ1) is 41.8. The maximum absolute atomic E-state index is 6.44. The van der Waals surface area contributed by atoms with Gasteiger partial charge in [0.15, 0.2) is 26.9 Å². The summed E-state index contributed by atoms with van der Waals surface area (Å²) >= 11 is 0. The molecule has 0 aromatic heterocycles. The van der Waals surface area contributed by atoms with E-state index >= 15 is 0 Å². The smallest absolute Gasteiger partial charge is 0.161 e. The number of ether oxygens (including phenoxy) is 4. The molecule has 0 radical (unpaired) electrons. The Bertz CT molecular complexity index is 3490. The van der Waals surface area contributed by atoms with Gasteiger partial charge in [-0.1, -0.05) is 151 Å². The molecular weight excluding hydrogens is 1060 g/mol. The molecule has 440 valence electrons. The van der Waals surface area contributed by atoms with Crippen molar-refractivity contribution >= 4 is 22.7 Å². The van der Waals surface area contributed by atoms with Gasteiger partial charge >= 0.3 is 0 Å². The summed E-state index contributed by atoms with van der Waals surface area (Å²) in [5, 5.41) is 0. The largest absolute Gasteiger partial charge is 0.472 e. The maximum atomic E-state index is 6.44. The summed E-state index contributed by atoms with van der Waals surface area (Å²) in [6.45, 7) is 35.3. The molecule has 4 aliphatic heterocycles. The van der Waals surface area contributed by atoms with Crippen LogP contribution >= 0.6 is 0 Å². The van der Waals surface area contributed by atoms with Gasteiger partial charge in [0.2, 0.25) is 0 Å². The first-order valence-corrected chi connectivity index (χ1v) is 30.7. The number of rotatable bonds is 18. The zero-order valence-electron chi connectivity index (χ0n) is 51.5. The van der Waals surface area contributed by atoms with Gasteiger partial charge in [0.05, 0.1) is 0 Å². The van der Waals surface area contributed by atoms with Gasteiger partial charge in [-0.25, -0.2) is 0 Å². The van der Waals surface area contributed by atoms with Crippen LogP contribution in [-0.2, 0) is 75.5 Å². The van der Waals surface area contributed by atoms with E-state index in [1.54, 1.807) is 0 Å². The normalized spacial score (nSPS) is 14.3. The predicted molar refractivity (Wildman–Crippen MR) is 357 cm³/mol. The van der Waals surface area contributed by atoms with E-state index in [1.807, 2.05) is 36.4 Å². The molecule has 0 fully saturated rings. The van der Waals surface area contributed by atoms with Crippen LogP contribution in [0.1, 0.15) is 119 Å². The Morgan fingerprint density at radius 1 is 0.349 bits per heavy atom. The third-order valence-electron chi connectivity index (χ3n) is 17.9. The standard InChI is InChI=1S/C41H46N2O2.C37H38N2O2/c1-7-11-31-21-35(23-33-25-42(27-44-39(31)33)37-17-13-29(9-3)14-18-37)41(5,6)36-22-32(12-8-2)40-34(24-36)26-43(28-45-40)38-19-15-30(10-4)16-20-38;1-5-13-27-19-31(21-29-23-38(25-40-35(27)29)33-15-9-7-10-16-33)37(3,4)32-20-28(14-6-2)36-30(22-32)24-39(26-41-36)34-17-11-8-12-18-34/h7-8,13-24H,1-2,9-12,25-28H2,3-6H3;5-12,15-22H,1-2,13-14,23-26H2,3-4H3. The molecule has 4 heterocycles. The van der Waals surface area contributed by atoms with Gasteiger partial charge < -0.3 is 38.5 Å². The Balaban J connectivity index is 0.000000179. The molecule has 4 aliphatic rings. The van der Waals surface area contributed by atoms with E-state index in [1.165, 1.54) is 101 Å². The lowest BCUT2D eigenvalue weighted by atomic mass is 9.75. The monoisotopic (exact) mass is 1140 g/mol. The highest BCUT2D eigenvalue weighted by atomic mass is 16.5. The van der Waals surface area contributed by atoms with E-state index in [-0.39, 0.29) is 10.8 Å². The molecule has 8 heteroatoms. The van der Waals surface area contributed by atoms with Crippen molar-refractivity contribution in [1.29, 1.82) is 0 Å². The fourth-order valence-electron chi connectivity index (χ4n) is 12.6. The van der Waals surface area contributed by atoms with Crippen molar-refractivity contribution < 1.29 is 18.9 Å². The molecule has 0 aliphatic carbocycles. The number of nitrogens with zero attached hydrogens (tertiary/aromatic N) is 4. The first kappa shape index (κ1) is 58.9. The Morgan fingerprint density at radius 3 is 0.826 bits per heavy atom. The van der Waals surface area contributed by atoms with E-state index in [0.29, 0.717) is 26.9 Å². The molecule has 0 bridgehead atoms. The van der Waals surface area contributed by atoms with Gasteiger partial charge in [-0.05, 0) is 167 Å². The first-order valence-electron chi connectivity index (χ1n) is 30.7. The van der Waals surface area contributed by atoms with Crippen LogP contribution in [0.3, 0.4) is 0 Å². The fraction of sp³-hybridized carbons (Fsp3) is 0.282. The van der Waals surface area contributed by atoms with Crippen LogP contribution in [0.4, 0.5) is 22.7 Å². The molecular formula is C78H84N4O4. The number of hydrogen-bond acceptors (Lipinski definition) is 8. The molecule has 86 heavy (non-hydrogen) atoms. The average Bonchev–Trinajstić information content (AvgIpc) is 2.22. The second kappa shape index (κ2) is 25.8. The van der Waals surface area contributed by atoms with E-state index in [0.717, 1.165) is 87.7 Å². The quantitative estimate of drug-likeness (QED) is 0.0788. The Labute approximate surface area is 511 Å². The average molecular weight is 1140 g/mol. The van der Waals surface area contributed by atoms with Gasteiger partial charge in [0, 0.05) is 82.0 Å². The van der Waals surface area contributed by atoms with E-state index in [9.17, 15) is 0 Å². The van der Waals surface area contributed by atoms with Gasteiger partial charge in [-0.3, -0.25) is 0 Å². The number of fused-ring (bicyclic) bond motifs is 4. The topological polar surface area (TPSA) is 49.9 Å². The van der Waals surface area contributed by atoms with Crippen LogP contribution in [0.5, 0.6) is 23.0 Å². The molecule has 0 unspecified atom stereocenters. The van der Waals surface area contributed by atoms with Gasteiger partial charge in [-0.15, -0.1) is 26.3 Å². The highest BCUT2D eigenvalue weighted by Crippen LogP contribution is 2.45. The zero-order chi connectivity index (χ0) is 60.0. The second-order valence-electron chi connectivity index (χ2n) is 24.3. The number of para-hydroxylation sites is 2. The zero-order valence-corrected chi connectivity index (χ0v) is 51.5. The molecule has 0 amide bonds. The van der Waals surface area contributed by atoms with Crippen LogP contribution in [-0.4, -0.2) is 26.9 Å². The highest BCUT2D eigenvalue weighted by molar-refractivity contribution is 5.61. The molecule has 0 atom stereocenters. The van der Waals surface area contributed by atoms with Crippen molar-refractivity contribution in [1.82, 2.24) is 0 Å². The Morgan fingerprint density at radius 2 is 0.593 bits per heavy atom. The van der Waals surface area contributed by atoms with Crippen LogP contribution in [0, 0.1) is 0 Å². The Kier molecular flexibility index (Phi) is 17.6. The minimum absolute atomic E-state index is 0.250. The second-order valence-corrected chi connectivity index (χ2v) is 24.3. The van der Waals surface area contributed by atoms with Crippen LogP contribution < -0.4 is 38.5 Å². The fourth-order valence-corrected chi connectivity index (χ4v) is 12.6. The lowest BCUT2D eigenvalue weighted by Gasteiger charge is -2.36. The summed E-state index contributed by atoms with van der Waals surface area (Å²) in [5.41, 5.74) is 21.6. The summed E-state index contributed by atoms with van der Waals surface area (Å²) in [5.74, 6) is 4.02. The number of allylic oxidation sites excluding steroid dienone is 4. The van der Waals surface area contributed by atoms with Crippen molar-refractivity contribution in [3.8, 4) is 23.0 Å². The minimum Gasteiger partial charge on any atom is -0.472 e. The van der Waals surface area contributed by atoms with Crippen molar-refractivity contribution in [2.24, 2.45) is 0 Å². The molecule has 0 N–H and O–H groups in total. The highest BCUT2D eigenvalue weighted by Gasteiger charge is 2.34. The number of benzene rings is 8. The molecule has 8 aromatic carbocycles. The van der Waals surface area contributed by atoms with Crippen molar-refractivity contribution in [2.75, 3.05) is 46.5 Å². The lowest BCUT2D eigenvalue weighted by molar-refractivity contribution is 0.286. The number of anilines is 4. The van der Waals surface area contributed by atoms with Gasteiger partial charge in [0.25, 0.3) is 0 Å². The molecule has 0 spiro atoms. The lowest BCUT2D eigenvalue weighted by Crippen LogP contribution is -2.33. The molecule has 12 rings (SSSR count). The third kappa shape index (κ3) is 12.3. The summed E-state index contributed by atoms with van der Waals surface area (Å²) in [7, 11) is 0. The number of aryl methyl sites for hydroxylation is 2. The molecule has 8 nitrogen and oxygen atoms in total. The van der Waals surface area contributed by atoms with E-state index in [4.69, 9.17) is 18.9 Å². The van der Waals surface area contributed by atoms with Crippen molar-refractivity contribution in [2.45, 2.75) is 117 Å².